The van der Waals surface area contributed by atoms with Gasteiger partial charge in [-0.25, -0.2) is 4.79 Å². The molecule has 0 aromatic heterocycles. The van der Waals surface area contributed by atoms with Crippen molar-refractivity contribution in [3.8, 4) is 28.4 Å². The van der Waals surface area contributed by atoms with E-state index in [0.29, 0.717) is 30.4 Å². The van der Waals surface area contributed by atoms with Crippen molar-refractivity contribution < 1.29 is 19.0 Å². The van der Waals surface area contributed by atoms with Crippen LogP contribution in [0.15, 0.2) is 85.5 Å². The highest BCUT2D eigenvalue weighted by atomic mass is 16.5. The first-order valence-electron chi connectivity index (χ1n) is 11.0. The fourth-order valence-corrected chi connectivity index (χ4v) is 2.93. The van der Waals surface area contributed by atoms with Crippen molar-refractivity contribution in [2.24, 2.45) is 5.92 Å². The maximum atomic E-state index is 12.5. The van der Waals surface area contributed by atoms with Crippen LogP contribution >= 0.6 is 0 Å². The molecule has 3 aromatic rings. The fraction of sp³-hybridized carbons (Fsp3) is 0.250. The van der Waals surface area contributed by atoms with Crippen molar-refractivity contribution in [3.63, 3.8) is 0 Å². The van der Waals surface area contributed by atoms with Gasteiger partial charge >= 0.3 is 5.97 Å². The first-order chi connectivity index (χ1) is 15.6. The Hall–Kier alpha value is -3.53. The predicted octanol–water partition coefficient (Wildman–Crippen LogP) is 6.95. The summed E-state index contributed by atoms with van der Waals surface area (Å²) in [5.74, 6) is 2.19. The summed E-state index contributed by atoms with van der Waals surface area (Å²) in [6.45, 7) is 9.27. The molecule has 1 atom stereocenters. The minimum absolute atomic E-state index is 0.393. The Balaban J connectivity index is 1.56. The summed E-state index contributed by atoms with van der Waals surface area (Å²) in [7, 11) is 0. The quantitative estimate of drug-likeness (QED) is 0.143. The Morgan fingerprint density at radius 2 is 1.38 bits per heavy atom. The number of hydrogen-bond donors (Lipinski definition) is 0. The lowest BCUT2D eigenvalue weighted by molar-refractivity contribution is 0.0734. The maximum absolute atomic E-state index is 12.5. The highest BCUT2D eigenvalue weighted by molar-refractivity contribution is 5.91. The van der Waals surface area contributed by atoms with Gasteiger partial charge in [-0.05, 0) is 72.0 Å². The highest BCUT2D eigenvalue weighted by Gasteiger charge is 2.10. The molecule has 32 heavy (non-hydrogen) atoms. The van der Waals surface area contributed by atoms with Crippen LogP contribution in [-0.2, 0) is 0 Å². The number of esters is 1. The number of rotatable bonds is 11. The number of benzene rings is 3. The predicted molar refractivity (Wildman–Crippen MR) is 129 cm³/mol. The van der Waals surface area contributed by atoms with Crippen molar-refractivity contribution in [2.75, 3.05) is 13.2 Å². The molecule has 4 heteroatoms. The molecule has 0 N–H and O–H groups in total. The third kappa shape index (κ3) is 6.74. The van der Waals surface area contributed by atoms with Crippen LogP contribution in [0, 0.1) is 5.92 Å². The van der Waals surface area contributed by atoms with Crippen molar-refractivity contribution in [3.05, 3.63) is 91.0 Å². The molecule has 0 spiro atoms. The first kappa shape index (κ1) is 23.1. The smallest absolute Gasteiger partial charge is 0.343 e. The van der Waals surface area contributed by atoms with Gasteiger partial charge in [0.25, 0.3) is 0 Å². The molecular formula is C28H30O4. The van der Waals surface area contributed by atoms with Crippen LogP contribution in [0.4, 0.5) is 0 Å². The molecule has 0 aliphatic carbocycles. The first-order valence-corrected chi connectivity index (χ1v) is 11.0. The average molecular weight is 431 g/mol. The Bertz CT molecular complexity index is 989. The summed E-state index contributed by atoms with van der Waals surface area (Å²) in [6.07, 6.45) is 3.72. The van der Waals surface area contributed by atoms with E-state index in [2.05, 4.69) is 20.4 Å². The van der Waals surface area contributed by atoms with Crippen LogP contribution in [0.25, 0.3) is 11.1 Å². The van der Waals surface area contributed by atoms with Gasteiger partial charge in [-0.1, -0.05) is 50.6 Å². The van der Waals surface area contributed by atoms with E-state index in [0.717, 1.165) is 35.5 Å². The SMILES string of the molecule is C=CCCOc1ccc(-c2ccc(C(=O)Oc3ccc(OC[C@@H](C)CC)cc3)cc2)cc1. The molecule has 0 unspecified atom stereocenters. The molecule has 0 amide bonds. The topological polar surface area (TPSA) is 44.8 Å². The van der Waals surface area contributed by atoms with Crippen molar-refractivity contribution >= 4 is 5.97 Å². The van der Waals surface area contributed by atoms with E-state index in [9.17, 15) is 4.79 Å². The maximum Gasteiger partial charge on any atom is 0.343 e. The molecule has 0 radical (unpaired) electrons. The molecule has 0 aliphatic heterocycles. The summed E-state index contributed by atoms with van der Waals surface area (Å²) in [5, 5.41) is 0. The molecule has 0 saturated heterocycles. The molecular weight excluding hydrogens is 400 g/mol. The largest absolute Gasteiger partial charge is 0.493 e. The monoisotopic (exact) mass is 430 g/mol. The molecule has 0 aliphatic rings. The van der Waals surface area contributed by atoms with Crippen LogP contribution in [-0.4, -0.2) is 19.2 Å². The number of hydrogen-bond acceptors (Lipinski definition) is 4. The van der Waals surface area contributed by atoms with Gasteiger partial charge in [0.2, 0.25) is 0 Å². The van der Waals surface area contributed by atoms with E-state index in [4.69, 9.17) is 14.2 Å². The molecule has 0 bridgehead atoms. The summed E-state index contributed by atoms with van der Waals surface area (Å²) in [4.78, 5) is 12.5. The third-order valence-electron chi connectivity index (χ3n) is 5.16. The van der Waals surface area contributed by atoms with Crippen molar-refractivity contribution in [1.29, 1.82) is 0 Å². The number of ether oxygens (including phenoxy) is 3. The van der Waals surface area contributed by atoms with Crippen molar-refractivity contribution in [2.45, 2.75) is 26.7 Å². The normalized spacial score (nSPS) is 11.4. The molecule has 0 saturated carbocycles. The van der Waals surface area contributed by atoms with Crippen LogP contribution in [0.3, 0.4) is 0 Å². The summed E-state index contributed by atoms with van der Waals surface area (Å²) < 4.78 is 16.9. The van der Waals surface area contributed by atoms with Gasteiger partial charge in [0.05, 0.1) is 18.8 Å². The van der Waals surface area contributed by atoms with Crippen molar-refractivity contribution in [1.82, 2.24) is 0 Å². The molecule has 0 fully saturated rings. The zero-order valence-electron chi connectivity index (χ0n) is 18.8. The minimum atomic E-state index is -0.393. The van der Waals surface area contributed by atoms with Gasteiger partial charge in [0, 0.05) is 0 Å². The van der Waals surface area contributed by atoms with Crippen LogP contribution in [0.5, 0.6) is 17.2 Å². The standard InChI is InChI=1S/C28H30O4/c1-4-6-19-30-25-13-11-23(12-14-25)22-7-9-24(10-8-22)28(29)32-27-17-15-26(16-18-27)31-20-21(3)5-2/h4,7-18,21H,1,5-6,19-20H2,2-3H3/t21-/m0/s1. The lowest BCUT2D eigenvalue weighted by Crippen LogP contribution is -2.09. The zero-order valence-corrected chi connectivity index (χ0v) is 18.8. The lowest BCUT2D eigenvalue weighted by atomic mass is 10.0. The Morgan fingerprint density at radius 1 is 0.844 bits per heavy atom. The van der Waals surface area contributed by atoms with Crippen LogP contribution < -0.4 is 14.2 Å². The van der Waals surface area contributed by atoms with E-state index in [1.165, 1.54) is 0 Å². The van der Waals surface area contributed by atoms with Gasteiger partial charge in [0.1, 0.15) is 17.2 Å². The van der Waals surface area contributed by atoms with E-state index in [1.807, 2.05) is 54.6 Å². The van der Waals surface area contributed by atoms with E-state index in [-0.39, 0.29) is 0 Å². The number of carbonyl (C=O) groups excluding carboxylic acids is 1. The average Bonchev–Trinajstić information content (AvgIpc) is 2.84. The second-order valence-corrected chi connectivity index (χ2v) is 7.71. The van der Waals surface area contributed by atoms with Crippen LogP contribution in [0.2, 0.25) is 0 Å². The Morgan fingerprint density at radius 3 is 1.97 bits per heavy atom. The molecule has 0 heterocycles. The molecule has 166 valence electrons. The third-order valence-corrected chi connectivity index (χ3v) is 5.16. The fourth-order valence-electron chi connectivity index (χ4n) is 2.93. The van der Waals surface area contributed by atoms with Crippen LogP contribution in [0.1, 0.15) is 37.0 Å². The molecule has 3 rings (SSSR count). The molecule has 3 aromatic carbocycles. The van der Waals surface area contributed by atoms with Gasteiger partial charge in [-0.3, -0.25) is 0 Å². The second-order valence-electron chi connectivity index (χ2n) is 7.71. The summed E-state index contributed by atoms with van der Waals surface area (Å²) >= 11 is 0. The van der Waals surface area contributed by atoms with Gasteiger partial charge in [-0.15, -0.1) is 6.58 Å². The van der Waals surface area contributed by atoms with E-state index in [1.54, 1.807) is 24.3 Å². The lowest BCUT2D eigenvalue weighted by Gasteiger charge is -2.11. The summed E-state index contributed by atoms with van der Waals surface area (Å²) in [6, 6.07) is 22.4. The minimum Gasteiger partial charge on any atom is -0.493 e. The Kier molecular flexibility index (Phi) is 8.50. The second kappa shape index (κ2) is 11.8. The summed E-state index contributed by atoms with van der Waals surface area (Å²) in [5.41, 5.74) is 2.56. The Labute approximate surface area is 190 Å². The van der Waals surface area contributed by atoms with E-state index >= 15 is 0 Å². The van der Waals surface area contributed by atoms with Gasteiger partial charge in [-0.2, -0.15) is 0 Å². The number of carbonyl (C=O) groups is 1. The van der Waals surface area contributed by atoms with Gasteiger partial charge in [0.15, 0.2) is 0 Å². The highest BCUT2D eigenvalue weighted by Crippen LogP contribution is 2.24. The molecule has 4 nitrogen and oxygen atoms in total. The zero-order chi connectivity index (χ0) is 22.8. The van der Waals surface area contributed by atoms with E-state index < -0.39 is 5.97 Å². The van der Waals surface area contributed by atoms with Gasteiger partial charge < -0.3 is 14.2 Å².